The highest BCUT2D eigenvalue weighted by Crippen LogP contribution is 2.57. The molecule has 1 aromatic carbocycles. The molecule has 1 aromatic heterocycles. The van der Waals surface area contributed by atoms with Gasteiger partial charge >= 0.3 is 0 Å². The maximum Gasteiger partial charge on any atom is 0.194 e. The number of carbonyl (C=O) groups excluding carboxylic acids is 3. The van der Waals surface area contributed by atoms with Gasteiger partial charge in [-0.15, -0.1) is 0 Å². The van der Waals surface area contributed by atoms with Crippen LogP contribution in [0.4, 0.5) is 0 Å². The van der Waals surface area contributed by atoms with E-state index in [2.05, 4.69) is 23.7 Å². The van der Waals surface area contributed by atoms with Gasteiger partial charge in [0.1, 0.15) is 34.0 Å². The number of rotatable bonds is 5. The molecule has 8 heteroatoms. The van der Waals surface area contributed by atoms with E-state index >= 15 is 0 Å². The van der Waals surface area contributed by atoms with Crippen LogP contribution < -0.4 is 10.1 Å². The largest absolute Gasteiger partial charge is 0.507 e. The number of hydrogen-bond acceptors (Lipinski definition) is 7. The molecule has 1 unspecified atom stereocenters. The van der Waals surface area contributed by atoms with E-state index in [0.717, 1.165) is 5.69 Å². The fourth-order valence-corrected chi connectivity index (χ4v) is 4.76. The molecule has 0 radical (unpaired) electrons. The van der Waals surface area contributed by atoms with Crippen molar-refractivity contribution in [3.63, 3.8) is 0 Å². The van der Waals surface area contributed by atoms with Gasteiger partial charge in [-0.2, -0.15) is 0 Å². The molecule has 0 amide bonds. The van der Waals surface area contributed by atoms with Gasteiger partial charge in [0, 0.05) is 35.3 Å². The third-order valence-electron chi connectivity index (χ3n) is 6.72. The zero-order valence-corrected chi connectivity index (χ0v) is 20.1. The molecule has 178 valence electrons. The van der Waals surface area contributed by atoms with E-state index in [0.29, 0.717) is 12.2 Å². The highest BCUT2D eigenvalue weighted by Gasteiger charge is 2.56. The van der Waals surface area contributed by atoms with Crippen LogP contribution in [0.2, 0.25) is 0 Å². The summed E-state index contributed by atoms with van der Waals surface area (Å²) in [7, 11) is 0. The van der Waals surface area contributed by atoms with E-state index in [9.17, 15) is 24.6 Å². The molecule has 1 aliphatic heterocycles. The Labute approximate surface area is 197 Å². The summed E-state index contributed by atoms with van der Waals surface area (Å²) in [5.41, 5.74) is -0.148. The van der Waals surface area contributed by atoms with Crippen LogP contribution in [0.1, 0.15) is 67.8 Å². The summed E-state index contributed by atoms with van der Waals surface area (Å²) < 4.78 is 7.87. The van der Waals surface area contributed by atoms with Crippen LogP contribution in [0.15, 0.2) is 41.4 Å². The topological polar surface area (TPSA) is 118 Å². The number of aromatic nitrogens is 1. The molecule has 4 rings (SSSR count). The summed E-state index contributed by atoms with van der Waals surface area (Å²) in [5, 5.41) is 24.5. The molecule has 2 aromatic rings. The molecule has 0 saturated heterocycles. The van der Waals surface area contributed by atoms with Crippen molar-refractivity contribution in [1.82, 2.24) is 9.88 Å². The molecule has 8 nitrogen and oxygen atoms in total. The number of ketones is 3. The predicted octanol–water partition coefficient (Wildman–Crippen LogP) is 3.74. The Hall–Kier alpha value is -3.81. The monoisotopic (exact) mass is 464 g/mol. The van der Waals surface area contributed by atoms with Crippen molar-refractivity contribution in [2.24, 2.45) is 0 Å². The number of fused-ring (bicyclic) bond motifs is 3. The Bertz CT molecular complexity index is 1330. The maximum absolute atomic E-state index is 13.8. The van der Waals surface area contributed by atoms with Crippen molar-refractivity contribution >= 4 is 17.3 Å². The van der Waals surface area contributed by atoms with Gasteiger partial charge in [0.05, 0.1) is 17.7 Å². The summed E-state index contributed by atoms with van der Waals surface area (Å²) >= 11 is 0. The number of nitrogens with zero attached hydrogens (tertiary/aromatic N) is 1. The first-order valence-electron chi connectivity index (χ1n) is 11.1. The molecule has 2 heterocycles. The van der Waals surface area contributed by atoms with Crippen molar-refractivity contribution in [2.75, 3.05) is 0 Å². The fraction of sp³-hybridized carbons (Fsp3) is 0.346. The van der Waals surface area contributed by atoms with Gasteiger partial charge in [0.15, 0.2) is 17.3 Å². The smallest absolute Gasteiger partial charge is 0.194 e. The Morgan fingerprint density at radius 2 is 1.88 bits per heavy atom. The number of phenols is 2. The third kappa shape index (κ3) is 3.16. The van der Waals surface area contributed by atoms with E-state index < -0.39 is 28.5 Å². The molecule has 2 aliphatic rings. The number of hydrogen-bond donors (Lipinski definition) is 3. The number of Topliss-reactive ketones (excluding diaryl/α,β-unsaturated/α-hetero) is 2. The molecule has 3 N–H and O–H groups in total. The lowest BCUT2D eigenvalue weighted by Gasteiger charge is -2.29. The lowest BCUT2D eigenvalue weighted by molar-refractivity contribution is -0.123. The zero-order chi connectivity index (χ0) is 25.1. The van der Waals surface area contributed by atoms with Crippen LogP contribution in [-0.4, -0.2) is 32.1 Å². The van der Waals surface area contributed by atoms with E-state index in [-0.39, 0.29) is 45.6 Å². The van der Waals surface area contributed by atoms with Gasteiger partial charge in [-0.1, -0.05) is 0 Å². The minimum atomic E-state index is -1.52. The van der Waals surface area contributed by atoms with Crippen LogP contribution >= 0.6 is 0 Å². The van der Waals surface area contributed by atoms with Crippen molar-refractivity contribution in [3.8, 4) is 17.2 Å². The summed E-state index contributed by atoms with van der Waals surface area (Å²) in [5.74, 6) is -2.39. The van der Waals surface area contributed by atoms with Gasteiger partial charge in [0.25, 0.3) is 0 Å². The van der Waals surface area contributed by atoms with E-state index in [1.54, 1.807) is 13.8 Å². The Morgan fingerprint density at radius 1 is 1.21 bits per heavy atom. The quantitative estimate of drug-likeness (QED) is 0.350. The number of allylic oxidation sites excluding steroid dienone is 4. The van der Waals surface area contributed by atoms with Crippen LogP contribution in [-0.2, 0) is 21.5 Å². The van der Waals surface area contributed by atoms with Crippen molar-refractivity contribution in [2.45, 2.75) is 59.5 Å². The Kier molecular flexibility index (Phi) is 5.43. The standard InChI is InChI=1S/C26H28N2O6/c1-12(2)28-9-7-8-16(28)11-27-14(4)19-17(30)10-18-26(6,25(19)33)21-23(32)13(3)22(31)20(15(5)29)24(21)34-18/h7-10,12,27,31-32H,11H2,1-6H3. The second-order valence-corrected chi connectivity index (χ2v) is 9.24. The van der Waals surface area contributed by atoms with Crippen LogP contribution in [0.3, 0.4) is 0 Å². The highest BCUT2D eigenvalue weighted by molar-refractivity contribution is 6.31. The van der Waals surface area contributed by atoms with Gasteiger partial charge < -0.3 is 24.8 Å². The van der Waals surface area contributed by atoms with Gasteiger partial charge in [-0.3, -0.25) is 14.4 Å². The van der Waals surface area contributed by atoms with E-state index in [1.165, 1.54) is 19.9 Å². The van der Waals surface area contributed by atoms with Gasteiger partial charge in [0.2, 0.25) is 0 Å². The predicted molar refractivity (Wildman–Crippen MR) is 125 cm³/mol. The number of ether oxygens (including phenoxy) is 1. The molecule has 0 saturated carbocycles. The van der Waals surface area contributed by atoms with Gasteiger partial charge in [-0.05, 0) is 53.7 Å². The van der Waals surface area contributed by atoms with Crippen LogP contribution in [0.25, 0.3) is 0 Å². The number of aromatic hydroxyl groups is 2. The molecular formula is C26H28N2O6. The zero-order valence-electron chi connectivity index (χ0n) is 20.1. The third-order valence-corrected chi connectivity index (χ3v) is 6.72. The molecule has 0 bridgehead atoms. The minimum Gasteiger partial charge on any atom is -0.507 e. The number of phenolic OH excluding ortho intramolecular Hbond substituents is 2. The lowest BCUT2D eigenvalue weighted by atomic mass is 9.70. The number of benzene rings is 1. The highest BCUT2D eigenvalue weighted by atomic mass is 16.5. The Morgan fingerprint density at radius 3 is 2.50 bits per heavy atom. The fourth-order valence-electron chi connectivity index (χ4n) is 4.76. The molecule has 1 aliphatic carbocycles. The molecule has 1 atom stereocenters. The molecule has 34 heavy (non-hydrogen) atoms. The summed E-state index contributed by atoms with van der Waals surface area (Å²) in [6, 6.07) is 4.16. The first-order valence-corrected chi connectivity index (χ1v) is 11.1. The molecule has 0 fully saturated rings. The van der Waals surface area contributed by atoms with Crippen LogP contribution in [0.5, 0.6) is 17.2 Å². The Balaban J connectivity index is 1.81. The summed E-state index contributed by atoms with van der Waals surface area (Å²) in [6.07, 6.45) is 3.19. The van der Waals surface area contributed by atoms with Crippen molar-refractivity contribution < 1.29 is 29.3 Å². The average Bonchev–Trinajstić information content (AvgIpc) is 3.34. The second kappa shape index (κ2) is 7.90. The van der Waals surface area contributed by atoms with Crippen LogP contribution in [0, 0.1) is 6.92 Å². The summed E-state index contributed by atoms with van der Waals surface area (Å²) in [4.78, 5) is 39.1. The minimum absolute atomic E-state index is 0.0190. The number of carbonyl (C=O) groups is 3. The first kappa shape index (κ1) is 23.4. The number of nitrogens with one attached hydrogen (secondary N) is 1. The maximum atomic E-state index is 13.8. The SMILES string of the molecule is CC(=O)c1c(O)c(C)c(O)c2c1OC1=CC(=O)C(=C(C)NCc3cccn3C(C)C)C(=O)C12C. The van der Waals surface area contributed by atoms with E-state index in [4.69, 9.17) is 4.74 Å². The van der Waals surface area contributed by atoms with Gasteiger partial charge in [-0.25, -0.2) is 0 Å². The molecule has 0 spiro atoms. The molecular weight excluding hydrogens is 436 g/mol. The first-order chi connectivity index (χ1) is 15.9. The normalized spacial score (nSPS) is 20.6. The van der Waals surface area contributed by atoms with Crippen molar-refractivity contribution in [1.29, 1.82) is 0 Å². The lowest BCUT2D eigenvalue weighted by Crippen LogP contribution is -2.41. The summed E-state index contributed by atoms with van der Waals surface area (Å²) in [6.45, 7) is 10.5. The van der Waals surface area contributed by atoms with Crippen molar-refractivity contribution in [3.05, 3.63) is 63.8 Å². The average molecular weight is 465 g/mol. The van der Waals surface area contributed by atoms with E-state index in [1.807, 2.05) is 18.3 Å². The second-order valence-electron chi connectivity index (χ2n) is 9.24.